The molecule has 11 heteroatoms. The van der Waals surface area contributed by atoms with Crippen LogP contribution in [0.3, 0.4) is 0 Å². The Balaban J connectivity index is 1.52. The molecule has 9 nitrogen and oxygen atoms in total. The fourth-order valence-corrected chi connectivity index (χ4v) is 6.54. The number of urea groups is 1. The van der Waals surface area contributed by atoms with Crippen LogP contribution >= 0.6 is 11.6 Å². The van der Waals surface area contributed by atoms with Gasteiger partial charge in [0.25, 0.3) is 5.91 Å². The van der Waals surface area contributed by atoms with Crippen molar-refractivity contribution in [3.63, 3.8) is 0 Å². The largest absolute Gasteiger partial charge is 0.325 e. The number of sulfonamides is 1. The van der Waals surface area contributed by atoms with Crippen molar-refractivity contribution >= 4 is 45.2 Å². The van der Waals surface area contributed by atoms with E-state index in [2.05, 4.69) is 10.6 Å². The highest BCUT2D eigenvalue weighted by Crippen LogP contribution is 2.36. The summed E-state index contributed by atoms with van der Waals surface area (Å²) in [5.41, 5.74) is -0.676. The lowest BCUT2D eigenvalue weighted by molar-refractivity contribution is -0.136. The van der Waals surface area contributed by atoms with Crippen LogP contribution < -0.4 is 10.6 Å². The third-order valence-electron chi connectivity index (χ3n) is 6.30. The van der Waals surface area contributed by atoms with Gasteiger partial charge in [-0.3, -0.25) is 9.59 Å². The van der Waals surface area contributed by atoms with Crippen LogP contribution in [0.5, 0.6) is 0 Å². The second kappa shape index (κ2) is 8.07. The molecule has 1 aliphatic carbocycles. The number of nitrogens with one attached hydrogen (secondary N) is 2. The van der Waals surface area contributed by atoms with Gasteiger partial charge in [-0.1, -0.05) is 24.4 Å². The number of amides is 4. The van der Waals surface area contributed by atoms with E-state index in [0.717, 1.165) is 30.6 Å². The molecule has 2 saturated heterocycles. The molecule has 31 heavy (non-hydrogen) atoms. The van der Waals surface area contributed by atoms with Crippen molar-refractivity contribution in [2.24, 2.45) is 0 Å². The molecule has 1 atom stereocenters. The molecule has 3 aliphatic rings. The van der Waals surface area contributed by atoms with Crippen LogP contribution in [0.25, 0.3) is 0 Å². The molecule has 1 aromatic rings. The van der Waals surface area contributed by atoms with Crippen molar-refractivity contribution in [1.82, 2.24) is 14.5 Å². The SMILES string of the molecule is CC(C(=O)Nc1ccc(Cl)c(S(=O)(=O)N2CCCC2)c1)N1C(=O)NC2(CCCC2)C1=O. The highest BCUT2D eigenvalue weighted by molar-refractivity contribution is 7.89. The van der Waals surface area contributed by atoms with E-state index in [-0.39, 0.29) is 21.5 Å². The average Bonchev–Trinajstić information content (AvgIpc) is 3.46. The lowest BCUT2D eigenvalue weighted by Crippen LogP contribution is -2.48. The number of anilines is 1. The number of hydrogen-bond acceptors (Lipinski definition) is 5. The number of nitrogens with zero attached hydrogens (tertiary/aromatic N) is 2. The maximum atomic E-state index is 12.9. The maximum absolute atomic E-state index is 12.9. The van der Waals surface area contributed by atoms with Crippen LogP contribution in [-0.2, 0) is 19.6 Å². The fraction of sp³-hybridized carbons (Fsp3) is 0.550. The number of imide groups is 1. The van der Waals surface area contributed by atoms with Crippen LogP contribution in [0, 0.1) is 0 Å². The smallest absolute Gasteiger partial charge is 0.324 e. The minimum Gasteiger partial charge on any atom is -0.324 e. The van der Waals surface area contributed by atoms with Gasteiger partial charge in [-0.25, -0.2) is 18.1 Å². The molecule has 0 bridgehead atoms. The fourth-order valence-electron chi connectivity index (χ4n) is 4.52. The van der Waals surface area contributed by atoms with Gasteiger partial charge in [-0.15, -0.1) is 0 Å². The van der Waals surface area contributed by atoms with Gasteiger partial charge in [0, 0.05) is 18.8 Å². The van der Waals surface area contributed by atoms with Crippen molar-refractivity contribution in [2.45, 2.75) is 61.9 Å². The minimum absolute atomic E-state index is 0.0650. The Labute approximate surface area is 186 Å². The molecule has 1 saturated carbocycles. The summed E-state index contributed by atoms with van der Waals surface area (Å²) in [5, 5.41) is 5.43. The highest BCUT2D eigenvalue weighted by atomic mass is 35.5. The van der Waals surface area contributed by atoms with Crippen LogP contribution in [0.15, 0.2) is 23.1 Å². The third-order valence-corrected chi connectivity index (χ3v) is 8.68. The molecule has 2 heterocycles. The van der Waals surface area contributed by atoms with Crippen LogP contribution in [0.4, 0.5) is 10.5 Å². The summed E-state index contributed by atoms with van der Waals surface area (Å²) in [4.78, 5) is 39.0. The molecule has 168 valence electrons. The zero-order valence-electron chi connectivity index (χ0n) is 17.2. The van der Waals surface area contributed by atoms with Gasteiger partial charge in [0.15, 0.2) is 0 Å². The molecule has 0 aromatic heterocycles. The second-order valence-electron chi connectivity index (χ2n) is 8.32. The zero-order chi connectivity index (χ0) is 22.4. The molecular weight excluding hydrogens is 444 g/mol. The van der Waals surface area contributed by atoms with E-state index < -0.39 is 33.5 Å². The molecule has 3 fully saturated rings. The molecule has 1 spiro atoms. The van der Waals surface area contributed by atoms with Gasteiger partial charge in [0.1, 0.15) is 16.5 Å². The second-order valence-corrected chi connectivity index (χ2v) is 10.6. The van der Waals surface area contributed by atoms with Crippen molar-refractivity contribution in [3.8, 4) is 0 Å². The molecule has 2 N–H and O–H groups in total. The van der Waals surface area contributed by atoms with Crippen molar-refractivity contribution in [1.29, 1.82) is 0 Å². The predicted octanol–water partition coefficient (Wildman–Crippen LogP) is 2.32. The van der Waals surface area contributed by atoms with Crippen molar-refractivity contribution in [2.75, 3.05) is 18.4 Å². The monoisotopic (exact) mass is 468 g/mol. The average molecular weight is 469 g/mol. The minimum atomic E-state index is -3.77. The van der Waals surface area contributed by atoms with E-state index >= 15 is 0 Å². The summed E-state index contributed by atoms with van der Waals surface area (Å²) in [6.07, 6.45) is 4.41. The number of carbonyl (C=O) groups is 3. The van der Waals surface area contributed by atoms with E-state index in [4.69, 9.17) is 11.6 Å². The van der Waals surface area contributed by atoms with E-state index in [1.807, 2.05) is 0 Å². The number of carbonyl (C=O) groups excluding carboxylic acids is 3. The van der Waals surface area contributed by atoms with Gasteiger partial charge >= 0.3 is 6.03 Å². The zero-order valence-corrected chi connectivity index (χ0v) is 18.8. The van der Waals surface area contributed by atoms with Gasteiger partial charge in [0.05, 0.1) is 5.02 Å². The molecule has 0 radical (unpaired) electrons. The van der Waals surface area contributed by atoms with E-state index in [1.54, 1.807) is 0 Å². The lowest BCUT2D eigenvalue weighted by atomic mass is 9.97. The first-order valence-electron chi connectivity index (χ1n) is 10.4. The summed E-state index contributed by atoms with van der Waals surface area (Å²) in [6, 6.07) is 2.57. The topological polar surface area (TPSA) is 116 Å². The first-order chi connectivity index (χ1) is 14.7. The Morgan fingerprint density at radius 1 is 1.16 bits per heavy atom. The Hall–Kier alpha value is -2.17. The normalized spacial score (nSPS) is 22.2. The number of benzene rings is 1. The summed E-state index contributed by atoms with van der Waals surface area (Å²) in [6.45, 7) is 2.33. The molecule has 2 aliphatic heterocycles. The molecular formula is C20H25ClN4O5S. The summed E-state index contributed by atoms with van der Waals surface area (Å²) >= 11 is 6.14. The van der Waals surface area contributed by atoms with Crippen molar-refractivity contribution in [3.05, 3.63) is 23.2 Å². The first-order valence-corrected chi connectivity index (χ1v) is 12.2. The Bertz CT molecular complexity index is 1030. The molecule has 1 unspecified atom stereocenters. The van der Waals surface area contributed by atoms with Crippen LogP contribution in [0.2, 0.25) is 5.02 Å². The summed E-state index contributed by atoms with van der Waals surface area (Å²) in [5.74, 6) is -0.976. The molecule has 4 amide bonds. The Morgan fingerprint density at radius 3 is 2.45 bits per heavy atom. The third kappa shape index (κ3) is 3.81. The highest BCUT2D eigenvalue weighted by Gasteiger charge is 2.54. The number of rotatable bonds is 5. The van der Waals surface area contributed by atoms with Gasteiger partial charge < -0.3 is 10.6 Å². The quantitative estimate of drug-likeness (QED) is 0.643. The van der Waals surface area contributed by atoms with E-state index in [9.17, 15) is 22.8 Å². The lowest BCUT2D eigenvalue weighted by Gasteiger charge is -2.23. The maximum Gasteiger partial charge on any atom is 0.325 e. The molecule has 4 rings (SSSR count). The van der Waals surface area contributed by atoms with Gasteiger partial charge in [-0.2, -0.15) is 4.31 Å². The predicted molar refractivity (Wildman–Crippen MR) is 114 cm³/mol. The molecule has 1 aromatic carbocycles. The van der Waals surface area contributed by atoms with Crippen LogP contribution in [0.1, 0.15) is 45.4 Å². The van der Waals surface area contributed by atoms with E-state index in [0.29, 0.717) is 25.9 Å². The number of hydrogen-bond donors (Lipinski definition) is 2. The van der Waals surface area contributed by atoms with E-state index in [1.165, 1.54) is 29.4 Å². The van der Waals surface area contributed by atoms with Crippen molar-refractivity contribution < 1.29 is 22.8 Å². The standard InChI is InChI=1S/C20H25ClN4O5S/c1-13(25-18(27)20(23-19(25)28)8-2-3-9-20)17(26)22-14-6-7-15(21)16(12-14)31(29,30)24-10-4-5-11-24/h6-7,12-13H,2-5,8-11H2,1H3,(H,22,26)(H,23,28). The first kappa shape index (κ1) is 22.0. The summed E-state index contributed by atoms with van der Waals surface area (Å²) < 4.78 is 27.1. The number of halogens is 1. The van der Waals surface area contributed by atoms with Gasteiger partial charge in [-0.05, 0) is 50.8 Å². The Morgan fingerprint density at radius 2 is 1.81 bits per heavy atom. The van der Waals surface area contributed by atoms with Gasteiger partial charge in [0.2, 0.25) is 15.9 Å². The summed E-state index contributed by atoms with van der Waals surface area (Å²) in [7, 11) is -3.77. The van der Waals surface area contributed by atoms with Crippen LogP contribution in [-0.4, -0.2) is 60.1 Å². The Kier molecular flexibility index (Phi) is 5.74.